The highest BCUT2D eigenvalue weighted by molar-refractivity contribution is 9.10. The first-order valence-corrected chi connectivity index (χ1v) is 7.91. The van der Waals surface area contributed by atoms with Gasteiger partial charge in [0.15, 0.2) is 11.6 Å². The van der Waals surface area contributed by atoms with Crippen molar-refractivity contribution in [1.29, 1.82) is 0 Å². The minimum absolute atomic E-state index is 0.151. The molecule has 2 aromatic carbocycles. The molecule has 2 aromatic rings. The molecule has 0 aliphatic heterocycles. The second-order valence-corrected chi connectivity index (χ2v) is 6.17. The maximum atomic E-state index is 13.8. The van der Waals surface area contributed by atoms with E-state index in [0.717, 1.165) is 22.6 Å². The molecular weight excluding hydrogens is 408 g/mol. The van der Waals surface area contributed by atoms with Crippen molar-refractivity contribution in [3.63, 3.8) is 0 Å². The van der Waals surface area contributed by atoms with E-state index < -0.39 is 11.6 Å². The molecule has 2 rings (SSSR count). The average molecular weight is 421 g/mol. The van der Waals surface area contributed by atoms with Crippen LogP contribution in [-0.4, -0.2) is 6.54 Å². The van der Waals surface area contributed by atoms with Crippen molar-refractivity contribution in [2.24, 2.45) is 0 Å². The quantitative estimate of drug-likeness (QED) is 0.654. The lowest BCUT2D eigenvalue weighted by Gasteiger charge is -2.13. The van der Waals surface area contributed by atoms with Crippen molar-refractivity contribution in [2.75, 3.05) is 6.54 Å². The molecule has 6 heteroatoms. The second-order valence-electron chi connectivity index (χ2n) is 4.33. The number of hydrogen-bond acceptors (Lipinski definition) is 2. The highest BCUT2D eigenvalue weighted by atomic mass is 79.9. The summed E-state index contributed by atoms with van der Waals surface area (Å²) in [5, 5.41) is 3.18. The lowest BCUT2D eigenvalue weighted by atomic mass is 10.2. The zero-order valence-electron chi connectivity index (χ0n) is 11.2. The lowest BCUT2D eigenvalue weighted by Crippen LogP contribution is -2.12. The first kappa shape index (κ1) is 16.4. The molecule has 0 aliphatic rings. The van der Waals surface area contributed by atoms with Crippen molar-refractivity contribution in [3.05, 3.63) is 56.5 Å². The molecule has 0 aromatic heterocycles. The fourth-order valence-electron chi connectivity index (χ4n) is 1.77. The average Bonchev–Trinajstić information content (AvgIpc) is 2.44. The maximum Gasteiger partial charge on any atom is 0.201 e. The second kappa shape index (κ2) is 7.33. The molecule has 0 aliphatic carbocycles. The van der Waals surface area contributed by atoms with E-state index in [-0.39, 0.29) is 5.75 Å². The third-order valence-electron chi connectivity index (χ3n) is 2.77. The molecule has 0 spiro atoms. The van der Waals surface area contributed by atoms with Gasteiger partial charge in [0.05, 0.1) is 0 Å². The Morgan fingerprint density at radius 2 is 1.81 bits per heavy atom. The van der Waals surface area contributed by atoms with Crippen molar-refractivity contribution in [1.82, 2.24) is 5.32 Å². The van der Waals surface area contributed by atoms with Gasteiger partial charge in [-0.15, -0.1) is 0 Å². The number of halogens is 4. The Labute approximate surface area is 138 Å². The van der Waals surface area contributed by atoms with Crippen LogP contribution in [0.5, 0.6) is 11.5 Å². The summed E-state index contributed by atoms with van der Waals surface area (Å²) < 4.78 is 34.0. The van der Waals surface area contributed by atoms with E-state index in [1.54, 1.807) is 12.1 Å². The Balaban J connectivity index is 2.35. The van der Waals surface area contributed by atoms with Crippen molar-refractivity contribution < 1.29 is 13.5 Å². The summed E-state index contributed by atoms with van der Waals surface area (Å²) in [5.74, 6) is -1.63. The number of ether oxygens (including phenoxy) is 1. The van der Waals surface area contributed by atoms with Crippen molar-refractivity contribution in [2.45, 2.75) is 13.5 Å². The minimum Gasteiger partial charge on any atom is -0.454 e. The predicted octanol–water partition coefficient (Wildman–Crippen LogP) is 5.39. The fraction of sp³-hybridized carbons (Fsp3) is 0.200. The molecule has 0 saturated heterocycles. The van der Waals surface area contributed by atoms with Crippen LogP contribution in [0.15, 0.2) is 39.3 Å². The molecule has 21 heavy (non-hydrogen) atoms. The van der Waals surface area contributed by atoms with Gasteiger partial charge in [-0.25, -0.2) is 4.39 Å². The van der Waals surface area contributed by atoms with Gasteiger partial charge < -0.3 is 10.1 Å². The van der Waals surface area contributed by atoms with Gasteiger partial charge >= 0.3 is 0 Å². The van der Waals surface area contributed by atoms with E-state index in [9.17, 15) is 8.78 Å². The van der Waals surface area contributed by atoms with Crippen LogP contribution >= 0.6 is 31.9 Å². The molecule has 0 atom stereocenters. The third kappa shape index (κ3) is 4.25. The zero-order chi connectivity index (χ0) is 15.4. The maximum absolute atomic E-state index is 13.8. The van der Waals surface area contributed by atoms with Crippen molar-refractivity contribution in [3.8, 4) is 11.5 Å². The smallest absolute Gasteiger partial charge is 0.201 e. The molecule has 0 radical (unpaired) electrons. The first-order valence-electron chi connectivity index (χ1n) is 6.32. The molecule has 0 unspecified atom stereocenters. The summed E-state index contributed by atoms with van der Waals surface area (Å²) >= 11 is 6.51. The van der Waals surface area contributed by atoms with Gasteiger partial charge in [-0.3, -0.25) is 0 Å². The van der Waals surface area contributed by atoms with Gasteiger partial charge in [0.1, 0.15) is 5.75 Å². The number of hydrogen-bond donors (Lipinski definition) is 1. The van der Waals surface area contributed by atoms with Crippen LogP contribution in [0.3, 0.4) is 0 Å². The number of nitrogens with one attached hydrogen (secondary N) is 1. The summed E-state index contributed by atoms with van der Waals surface area (Å²) in [6.07, 6.45) is 0. The number of benzene rings is 2. The summed E-state index contributed by atoms with van der Waals surface area (Å²) in [5.41, 5.74) is 0.853. The van der Waals surface area contributed by atoms with Crippen LogP contribution in [0.1, 0.15) is 12.5 Å². The van der Waals surface area contributed by atoms with Crippen LogP contribution in [0, 0.1) is 11.6 Å². The SMILES string of the molecule is CCNCc1cc(Br)ccc1Oc1cc(Br)cc(F)c1F. The normalized spacial score (nSPS) is 10.7. The molecule has 0 amide bonds. The van der Waals surface area contributed by atoms with Crippen LogP contribution in [0.2, 0.25) is 0 Å². The summed E-state index contributed by atoms with van der Waals surface area (Å²) in [7, 11) is 0. The van der Waals surface area contributed by atoms with Crippen LogP contribution in [-0.2, 0) is 6.54 Å². The van der Waals surface area contributed by atoms with E-state index in [0.29, 0.717) is 16.8 Å². The molecule has 112 valence electrons. The minimum atomic E-state index is -1.00. The van der Waals surface area contributed by atoms with Gasteiger partial charge in [-0.2, -0.15) is 4.39 Å². The Morgan fingerprint density at radius 3 is 2.52 bits per heavy atom. The van der Waals surface area contributed by atoms with E-state index in [1.807, 2.05) is 13.0 Å². The number of rotatable bonds is 5. The van der Waals surface area contributed by atoms with Gasteiger partial charge in [-0.05, 0) is 36.9 Å². The fourth-order valence-corrected chi connectivity index (χ4v) is 2.59. The Hall–Kier alpha value is -0.980. The molecule has 0 fully saturated rings. The summed E-state index contributed by atoms with van der Waals surface area (Å²) in [6.45, 7) is 3.36. The Kier molecular flexibility index (Phi) is 5.72. The lowest BCUT2D eigenvalue weighted by molar-refractivity contribution is 0.411. The molecule has 0 heterocycles. The molecular formula is C15H13Br2F2NO. The van der Waals surface area contributed by atoms with Gasteiger partial charge in [0.25, 0.3) is 0 Å². The van der Waals surface area contributed by atoms with Gasteiger partial charge in [0, 0.05) is 21.1 Å². The van der Waals surface area contributed by atoms with E-state index in [2.05, 4.69) is 37.2 Å². The van der Waals surface area contributed by atoms with E-state index in [1.165, 1.54) is 6.07 Å². The van der Waals surface area contributed by atoms with Crippen LogP contribution in [0.25, 0.3) is 0 Å². The standard InChI is InChI=1S/C15H13Br2F2NO/c1-2-20-8-9-5-10(16)3-4-13(9)21-14-7-11(17)6-12(18)15(14)19/h3-7,20H,2,8H2,1H3. The van der Waals surface area contributed by atoms with Gasteiger partial charge in [-0.1, -0.05) is 38.8 Å². The molecule has 0 saturated carbocycles. The molecule has 1 N–H and O–H groups in total. The van der Waals surface area contributed by atoms with Crippen LogP contribution in [0.4, 0.5) is 8.78 Å². The highest BCUT2D eigenvalue weighted by Crippen LogP contribution is 2.32. The van der Waals surface area contributed by atoms with Crippen molar-refractivity contribution >= 4 is 31.9 Å². The van der Waals surface area contributed by atoms with E-state index >= 15 is 0 Å². The van der Waals surface area contributed by atoms with Crippen LogP contribution < -0.4 is 10.1 Å². The molecule has 2 nitrogen and oxygen atoms in total. The Morgan fingerprint density at radius 1 is 1.05 bits per heavy atom. The summed E-state index contributed by atoms with van der Waals surface area (Å²) in [4.78, 5) is 0. The third-order valence-corrected chi connectivity index (χ3v) is 3.72. The molecule has 0 bridgehead atoms. The topological polar surface area (TPSA) is 21.3 Å². The Bertz CT molecular complexity index is 650. The highest BCUT2D eigenvalue weighted by Gasteiger charge is 2.14. The summed E-state index contributed by atoms with van der Waals surface area (Å²) in [6, 6.07) is 7.84. The first-order chi connectivity index (χ1) is 10.0. The van der Waals surface area contributed by atoms with Gasteiger partial charge in [0.2, 0.25) is 5.82 Å². The monoisotopic (exact) mass is 419 g/mol. The van der Waals surface area contributed by atoms with E-state index in [4.69, 9.17) is 4.74 Å². The zero-order valence-corrected chi connectivity index (χ0v) is 14.4. The largest absolute Gasteiger partial charge is 0.454 e. The predicted molar refractivity (Wildman–Crippen MR) is 85.7 cm³/mol.